The van der Waals surface area contributed by atoms with Gasteiger partial charge in [-0.2, -0.15) is 0 Å². The Balaban J connectivity index is 2.11. The zero-order chi connectivity index (χ0) is 13.8. The van der Waals surface area contributed by atoms with E-state index in [4.69, 9.17) is 5.11 Å². The molecule has 1 aromatic carbocycles. The number of carboxylic acid groups (broad SMARTS) is 1. The lowest BCUT2D eigenvalue weighted by molar-refractivity contribution is -0.139. The van der Waals surface area contributed by atoms with Crippen molar-refractivity contribution in [3.8, 4) is 0 Å². The van der Waals surface area contributed by atoms with E-state index in [1.54, 1.807) is 9.80 Å². The Kier molecular flexibility index (Phi) is 4.16. The number of nitrogens with zero attached hydrogens (tertiary/aromatic N) is 2. The van der Waals surface area contributed by atoms with Crippen LogP contribution in [0.3, 0.4) is 0 Å². The number of hydrogen-bond donors (Lipinski definition) is 1. The molecule has 2 rings (SSSR count). The molecule has 1 N–H and O–H groups in total. The molecule has 19 heavy (non-hydrogen) atoms. The Bertz CT molecular complexity index is 461. The van der Waals surface area contributed by atoms with Crippen LogP contribution in [-0.4, -0.2) is 47.6 Å². The monoisotopic (exact) mass is 262 g/mol. The van der Waals surface area contributed by atoms with Gasteiger partial charge in [0.2, 0.25) is 5.91 Å². The summed E-state index contributed by atoms with van der Waals surface area (Å²) in [4.78, 5) is 26.6. The van der Waals surface area contributed by atoms with E-state index in [1.165, 1.54) is 0 Å². The average Bonchev–Trinajstić information content (AvgIpc) is 2.78. The summed E-state index contributed by atoms with van der Waals surface area (Å²) < 4.78 is 0. The third-order valence-corrected chi connectivity index (χ3v) is 3.43. The van der Waals surface area contributed by atoms with Gasteiger partial charge in [0.25, 0.3) is 0 Å². The maximum Gasteiger partial charge on any atom is 0.317 e. The quantitative estimate of drug-likeness (QED) is 0.866. The van der Waals surface area contributed by atoms with Crippen LogP contribution in [0, 0.1) is 0 Å². The van der Waals surface area contributed by atoms with Crippen molar-refractivity contribution in [2.75, 3.05) is 24.5 Å². The van der Waals surface area contributed by atoms with E-state index in [-0.39, 0.29) is 18.5 Å². The molecule has 0 radical (unpaired) electrons. The van der Waals surface area contributed by atoms with E-state index < -0.39 is 5.97 Å². The summed E-state index contributed by atoms with van der Waals surface area (Å²) >= 11 is 0. The number of carboxylic acids is 1. The van der Waals surface area contributed by atoms with Gasteiger partial charge in [-0.1, -0.05) is 25.1 Å². The summed E-state index contributed by atoms with van der Waals surface area (Å²) in [5.41, 5.74) is 0.876. The van der Waals surface area contributed by atoms with Crippen molar-refractivity contribution < 1.29 is 14.7 Å². The fraction of sp³-hybridized carbons (Fsp3) is 0.429. The van der Waals surface area contributed by atoms with Gasteiger partial charge >= 0.3 is 5.97 Å². The number of para-hydroxylation sites is 1. The Morgan fingerprint density at radius 2 is 2.11 bits per heavy atom. The molecular weight excluding hydrogens is 244 g/mol. The maximum absolute atomic E-state index is 12.4. The van der Waals surface area contributed by atoms with E-state index in [9.17, 15) is 9.59 Å². The fourth-order valence-corrected chi connectivity index (χ4v) is 2.48. The maximum atomic E-state index is 12.4. The van der Waals surface area contributed by atoms with Crippen molar-refractivity contribution in [3.63, 3.8) is 0 Å². The number of carbonyl (C=O) groups is 2. The number of anilines is 1. The van der Waals surface area contributed by atoms with Crippen LogP contribution >= 0.6 is 0 Å². The standard InChI is InChI=1S/C14H18N2O3/c1-2-15(10-13(17)18)12-8-9-16(14(12)19)11-6-4-3-5-7-11/h3-7,12H,2,8-10H2,1H3,(H,17,18)/t12-/m1/s1. The number of carbonyl (C=O) groups excluding carboxylic acids is 1. The number of benzene rings is 1. The lowest BCUT2D eigenvalue weighted by Crippen LogP contribution is -2.44. The smallest absolute Gasteiger partial charge is 0.317 e. The molecule has 5 nitrogen and oxygen atoms in total. The molecule has 1 heterocycles. The third-order valence-electron chi connectivity index (χ3n) is 3.43. The zero-order valence-electron chi connectivity index (χ0n) is 11.0. The summed E-state index contributed by atoms with van der Waals surface area (Å²) in [5, 5.41) is 8.88. The molecule has 1 atom stereocenters. The SMILES string of the molecule is CCN(CC(=O)O)[C@@H]1CCN(c2ccccc2)C1=O. The number of rotatable bonds is 5. The van der Waals surface area contributed by atoms with E-state index in [0.29, 0.717) is 19.5 Å². The molecule has 1 amide bonds. The Morgan fingerprint density at radius 1 is 1.42 bits per heavy atom. The van der Waals surface area contributed by atoms with Crippen LogP contribution in [0.25, 0.3) is 0 Å². The van der Waals surface area contributed by atoms with Crippen LogP contribution in [0.5, 0.6) is 0 Å². The molecule has 0 spiro atoms. The predicted octanol–water partition coefficient (Wildman–Crippen LogP) is 1.20. The van der Waals surface area contributed by atoms with Crippen LogP contribution in [0.1, 0.15) is 13.3 Å². The van der Waals surface area contributed by atoms with E-state index in [0.717, 1.165) is 5.69 Å². The zero-order valence-corrected chi connectivity index (χ0v) is 11.0. The normalized spacial score (nSPS) is 19.2. The second-order valence-corrected chi connectivity index (χ2v) is 4.59. The summed E-state index contributed by atoms with van der Waals surface area (Å²) in [6.45, 7) is 2.99. The molecule has 0 unspecified atom stereocenters. The highest BCUT2D eigenvalue weighted by molar-refractivity contribution is 5.99. The van der Waals surface area contributed by atoms with Gasteiger partial charge in [0, 0.05) is 12.2 Å². The van der Waals surface area contributed by atoms with Gasteiger partial charge < -0.3 is 10.0 Å². The number of likely N-dealkylation sites (N-methyl/N-ethyl adjacent to an activating group) is 1. The Morgan fingerprint density at radius 3 is 2.68 bits per heavy atom. The molecule has 0 saturated carbocycles. The molecule has 102 valence electrons. The van der Waals surface area contributed by atoms with Gasteiger partial charge in [-0.3, -0.25) is 14.5 Å². The number of amides is 1. The van der Waals surface area contributed by atoms with Crippen molar-refractivity contribution >= 4 is 17.6 Å². The first-order valence-corrected chi connectivity index (χ1v) is 6.45. The molecular formula is C14H18N2O3. The first-order valence-electron chi connectivity index (χ1n) is 6.45. The Hall–Kier alpha value is -1.88. The minimum atomic E-state index is -0.896. The average molecular weight is 262 g/mol. The minimum Gasteiger partial charge on any atom is -0.480 e. The van der Waals surface area contributed by atoms with Crippen molar-refractivity contribution in [2.45, 2.75) is 19.4 Å². The predicted molar refractivity (Wildman–Crippen MR) is 72.1 cm³/mol. The summed E-state index contributed by atoms with van der Waals surface area (Å²) in [6, 6.07) is 9.17. The third kappa shape index (κ3) is 2.93. The van der Waals surface area contributed by atoms with Gasteiger partial charge in [0.1, 0.15) is 0 Å². The van der Waals surface area contributed by atoms with Crippen molar-refractivity contribution in [2.24, 2.45) is 0 Å². The van der Waals surface area contributed by atoms with Crippen LogP contribution < -0.4 is 4.90 Å². The Labute approximate surface area is 112 Å². The first-order chi connectivity index (χ1) is 9.13. The van der Waals surface area contributed by atoms with Gasteiger partial charge in [-0.25, -0.2) is 0 Å². The molecule has 0 aliphatic carbocycles. The highest BCUT2D eigenvalue weighted by Crippen LogP contribution is 2.23. The highest BCUT2D eigenvalue weighted by atomic mass is 16.4. The number of aliphatic carboxylic acids is 1. The molecule has 1 aromatic rings. The van der Waals surface area contributed by atoms with Gasteiger partial charge in [-0.15, -0.1) is 0 Å². The van der Waals surface area contributed by atoms with Gasteiger partial charge in [-0.05, 0) is 25.1 Å². The summed E-state index contributed by atoms with van der Waals surface area (Å²) in [7, 11) is 0. The molecule has 0 bridgehead atoms. The number of hydrogen-bond acceptors (Lipinski definition) is 3. The molecule has 1 aliphatic heterocycles. The fourth-order valence-electron chi connectivity index (χ4n) is 2.48. The molecule has 1 fully saturated rings. The van der Waals surface area contributed by atoms with Crippen LogP contribution in [-0.2, 0) is 9.59 Å². The second-order valence-electron chi connectivity index (χ2n) is 4.59. The lowest BCUT2D eigenvalue weighted by Gasteiger charge is -2.24. The molecule has 5 heteroatoms. The first kappa shape index (κ1) is 13.5. The van der Waals surface area contributed by atoms with Crippen LogP contribution in [0.4, 0.5) is 5.69 Å². The minimum absolute atomic E-state index is 0.00528. The molecule has 1 saturated heterocycles. The summed E-state index contributed by atoms with van der Waals surface area (Å²) in [5.74, 6) is -0.901. The second kappa shape index (κ2) is 5.84. The highest BCUT2D eigenvalue weighted by Gasteiger charge is 2.36. The van der Waals surface area contributed by atoms with E-state index >= 15 is 0 Å². The van der Waals surface area contributed by atoms with Gasteiger partial charge in [0.05, 0.1) is 12.6 Å². The lowest BCUT2D eigenvalue weighted by atomic mass is 10.2. The van der Waals surface area contributed by atoms with E-state index in [1.807, 2.05) is 37.3 Å². The largest absolute Gasteiger partial charge is 0.480 e. The van der Waals surface area contributed by atoms with Crippen LogP contribution in [0.15, 0.2) is 30.3 Å². The van der Waals surface area contributed by atoms with Crippen molar-refractivity contribution in [3.05, 3.63) is 30.3 Å². The topological polar surface area (TPSA) is 60.9 Å². The molecule has 0 aromatic heterocycles. The van der Waals surface area contributed by atoms with Crippen molar-refractivity contribution in [1.82, 2.24) is 4.90 Å². The van der Waals surface area contributed by atoms with Crippen LogP contribution in [0.2, 0.25) is 0 Å². The van der Waals surface area contributed by atoms with E-state index in [2.05, 4.69) is 0 Å². The van der Waals surface area contributed by atoms with Gasteiger partial charge in [0.15, 0.2) is 0 Å². The summed E-state index contributed by atoms with van der Waals surface area (Å²) in [6.07, 6.45) is 0.675. The molecule has 1 aliphatic rings. The van der Waals surface area contributed by atoms with Crippen molar-refractivity contribution in [1.29, 1.82) is 0 Å².